The average molecular weight is 528 g/mol. The first kappa shape index (κ1) is 25.1. The highest BCUT2D eigenvalue weighted by Gasteiger charge is 2.37. The van der Waals surface area contributed by atoms with Crippen molar-refractivity contribution in [1.29, 1.82) is 0 Å². The smallest absolute Gasteiger partial charge is 0.415 e. The molecule has 3 aliphatic rings. The molecule has 6 rings (SSSR count). The normalized spacial score (nSPS) is 17.2. The molecule has 39 heavy (non-hydrogen) atoms. The van der Waals surface area contributed by atoms with Crippen LogP contribution in [0.25, 0.3) is 16.8 Å². The molecule has 3 aliphatic heterocycles. The fourth-order valence-corrected chi connectivity index (χ4v) is 5.65. The van der Waals surface area contributed by atoms with Gasteiger partial charge in [0.1, 0.15) is 17.2 Å². The van der Waals surface area contributed by atoms with Crippen molar-refractivity contribution >= 4 is 23.2 Å². The van der Waals surface area contributed by atoms with Crippen molar-refractivity contribution in [3.63, 3.8) is 0 Å². The van der Waals surface area contributed by atoms with E-state index in [1.54, 1.807) is 25.2 Å². The molecule has 8 nitrogen and oxygen atoms in total. The topological polar surface area (TPSA) is 72.5 Å². The van der Waals surface area contributed by atoms with Crippen LogP contribution in [0.4, 0.5) is 16.2 Å². The third kappa shape index (κ3) is 4.55. The molecule has 3 aromatic carbocycles. The summed E-state index contributed by atoms with van der Waals surface area (Å²) in [5.41, 5.74) is 7.46. The van der Waals surface area contributed by atoms with Gasteiger partial charge in [0.15, 0.2) is 0 Å². The number of nitrogens with one attached hydrogen (secondary N) is 1. The first-order chi connectivity index (χ1) is 18.9. The number of carbonyl (C=O) groups is 1. The number of ether oxygens (including phenoxy) is 4. The lowest BCUT2D eigenvalue weighted by Gasteiger charge is -2.33. The maximum Gasteiger partial charge on any atom is 0.415 e. The van der Waals surface area contributed by atoms with Crippen molar-refractivity contribution in [1.82, 2.24) is 4.90 Å². The summed E-state index contributed by atoms with van der Waals surface area (Å²) in [6.45, 7) is 7.12. The van der Waals surface area contributed by atoms with Gasteiger partial charge in [-0.05, 0) is 61.4 Å². The summed E-state index contributed by atoms with van der Waals surface area (Å²) < 4.78 is 22.6. The molecule has 0 aliphatic carbocycles. The van der Waals surface area contributed by atoms with Gasteiger partial charge in [0.05, 0.1) is 38.7 Å². The van der Waals surface area contributed by atoms with Crippen LogP contribution in [0.15, 0.2) is 60.7 Å². The minimum absolute atomic E-state index is 0.213. The van der Waals surface area contributed by atoms with Crippen LogP contribution in [0.2, 0.25) is 0 Å². The van der Waals surface area contributed by atoms with Gasteiger partial charge in [-0.15, -0.1) is 0 Å². The molecule has 0 atom stereocenters. The molecule has 0 unspecified atom stereocenters. The molecule has 0 spiro atoms. The van der Waals surface area contributed by atoms with Gasteiger partial charge in [-0.1, -0.05) is 18.2 Å². The number of carbonyl (C=O) groups excluding carboxylic acids is 1. The maximum atomic E-state index is 12.6. The minimum atomic E-state index is -0.378. The van der Waals surface area contributed by atoms with Gasteiger partial charge in [0, 0.05) is 48.2 Å². The molecule has 202 valence electrons. The Morgan fingerprint density at radius 3 is 2.46 bits per heavy atom. The monoisotopic (exact) mass is 527 g/mol. The number of methoxy groups -OCH3 is 2. The molecule has 0 saturated carbocycles. The third-order valence-corrected chi connectivity index (χ3v) is 7.44. The van der Waals surface area contributed by atoms with Crippen molar-refractivity contribution in [2.75, 3.05) is 50.7 Å². The van der Waals surface area contributed by atoms with Gasteiger partial charge in [0.25, 0.3) is 0 Å². The van der Waals surface area contributed by atoms with Crippen LogP contribution in [0.1, 0.15) is 25.0 Å². The first-order valence-corrected chi connectivity index (χ1v) is 13.2. The van der Waals surface area contributed by atoms with Crippen LogP contribution in [0.3, 0.4) is 0 Å². The van der Waals surface area contributed by atoms with Gasteiger partial charge in [0.2, 0.25) is 0 Å². The molecule has 3 aromatic rings. The van der Waals surface area contributed by atoms with Gasteiger partial charge >= 0.3 is 6.09 Å². The van der Waals surface area contributed by atoms with Crippen LogP contribution >= 0.6 is 0 Å². The summed E-state index contributed by atoms with van der Waals surface area (Å²) in [5, 5.41) is 3.68. The Morgan fingerprint density at radius 2 is 1.69 bits per heavy atom. The van der Waals surface area contributed by atoms with Gasteiger partial charge in [-0.25, -0.2) is 4.79 Å². The van der Waals surface area contributed by atoms with Crippen LogP contribution in [0.5, 0.6) is 17.2 Å². The number of hydrogen-bond acceptors (Lipinski definition) is 7. The fourth-order valence-electron chi connectivity index (χ4n) is 5.65. The Kier molecular flexibility index (Phi) is 6.35. The van der Waals surface area contributed by atoms with E-state index in [-0.39, 0.29) is 11.6 Å². The van der Waals surface area contributed by atoms with E-state index >= 15 is 0 Å². The Bertz CT molecular complexity index is 1460. The van der Waals surface area contributed by atoms with E-state index in [2.05, 4.69) is 48.3 Å². The third-order valence-electron chi connectivity index (χ3n) is 7.44. The van der Waals surface area contributed by atoms with E-state index in [0.29, 0.717) is 44.3 Å². The Labute approximate surface area is 228 Å². The number of anilines is 2. The van der Waals surface area contributed by atoms with E-state index in [0.717, 1.165) is 33.9 Å². The number of para-hydroxylation sites is 2. The summed E-state index contributed by atoms with van der Waals surface area (Å²) in [7, 11) is 3.35. The molecule has 1 amide bonds. The van der Waals surface area contributed by atoms with Crippen LogP contribution in [0, 0.1) is 0 Å². The second kappa shape index (κ2) is 9.85. The standard InChI is InChI=1S/C31H33N3O5/c1-31(2)18-26-29-23(19-34(26)25-7-5-6-8-27(25)36-3)21(11-12-24(29)32-31)22-10-9-20(17-28(22)37-4)39-30(35)33-13-15-38-16-14-33/h5-12,17-18,32H,13-16,19H2,1-4H3. The number of hydrogen-bond donors (Lipinski definition) is 1. The van der Waals surface area contributed by atoms with Crippen molar-refractivity contribution < 1.29 is 23.7 Å². The van der Waals surface area contributed by atoms with Crippen LogP contribution < -0.4 is 24.4 Å². The van der Waals surface area contributed by atoms with Gasteiger partial charge in [-0.2, -0.15) is 0 Å². The lowest BCUT2D eigenvalue weighted by Crippen LogP contribution is -2.42. The van der Waals surface area contributed by atoms with E-state index in [1.165, 1.54) is 11.1 Å². The molecule has 8 heteroatoms. The Hall–Kier alpha value is -4.17. The molecule has 0 radical (unpaired) electrons. The Morgan fingerprint density at radius 1 is 0.949 bits per heavy atom. The van der Waals surface area contributed by atoms with Crippen LogP contribution in [-0.4, -0.2) is 57.1 Å². The summed E-state index contributed by atoms with van der Waals surface area (Å²) in [6.07, 6.45) is 1.91. The summed E-state index contributed by atoms with van der Waals surface area (Å²) in [5.74, 6) is 1.92. The molecule has 1 N–H and O–H groups in total. The summed E-state index contributed by atoms with van der Waals surface area (Å²) in [4.78, 5) is 16.6. The largest absolute Gasteiger partial charge is 0.496 e. The van der Waals surface area contributed by atoms with E-state index in [9.17, 15) is 4.79 Å². The van der Waals surface area contributed by atoms with E-state index in [4.69, 9.17) is 18.9 Å². The molecular weight excluding hydrogens is 494 g/mol. The maximum absolute atomic E-state index is 12.6. The fraction of sp³-hybridized carbons (Fsp3) is 0.323. The van der Waals surface area contributed by atoms with Gasteiger partial charge in [-0.3, -0.25) is 0 Å². The predicted molar refractivity (Wildman–Crippen MR) is 152 cm³/mol. The molecule has 0 bridgehead atoms. The number of nitrogens with zero attached hydrogens (tertiary/aromatic N) is 2. The zero-order chi connectivity index (χ0) is 27.1. The molecule has 3 heterocycles. The van der Waals surface area contributed by atoms with Crippen molar-refractivity contribution in [2.24, 2.45) is 0 Å². The zero-order valence-corrected chi connectivity index (χ0v) is 22.7. The first-order valence-electron chi connectivity index (χ1n) is 13.2. The average Bonchev–Trinajstić information content (AvgIpc) is 3.32. The van der Waals surface area contributed by atoms with Crippen molar-refractivity contribution in [2.45, 2.75) is 25.9 Å². The SMILES string of the molecule is COc1cc(OC(=O)N2CCOCC2)ccc1-c1ccc2c3c1CN(c1ccccc1OC)C3=CC(C)(C)N2. The predicted octanol–water partition coefficient (Wildman–Crippen LogP) is 5.77. The Balaban J connectivity index is 1.39. The highest BCUT2D eigenvalue weighted by Crippen LogP contribution is 2.51. The number of amides is 1. The van der Waals surface area contributed by atoms with Gasteiger partial charge < -0.3 is 34.1 Å². The van der Waals surface area contributed by atoms with E-state index in [1.807, 2.05) is 30.3 Å². The minimum Gasteiger partial charge on any atom is -0.496 e. The number of morpholine rings is 1. The molecule has 0 aromatic heterocycles. The quantitative estimate of drug-likeness (QED) is 0.452. The molecular formula is C31H33N3O5. The number of benzene rings is 3. The number of rotatable bonds is 5. The summed E-state index contributed by atoms with van der Waals surface area (Å²) in [6, 6.07) is 18.0. The zero-order valence-electron chi connectivity index (χ0n) is 22.7. The highest BCUT2D eigenvalue weighted by atomic mass is 16.6. The lowest BCUT2D eigenvalue weighted by atomic mass is 9.89. The second-order valence-corrected chi connectivity index (χ2v) is 10.5. The lowest BCUT2D eigenvalue weighted by molar-refractivity contribution is 0.0416. The van der Waals surface area contributed by atoms with E-state index < -0.39 is 0 Å². The highest BCUT2D eigenvalue weighted by molar-refractivity contribution is 5.98. The molecule has 1 fully saturated rings. The summed E-state index contributed by atoms with van der Waals surface area (Å²) >= 11 is 0. The van der Waals surface area contributed by atoms with Crippen molar-refractivity contribution in [3.8, 4) is 28.4 Å². The second-order valence-electron chi connectivity index (χ2n) is 10.5. The molecule has 1 saturated heterocycles. The van der Waals surface area contributed by atoms with Crippen LogP contribution in [-0.2, 0) is 11.3 Å². The van der Waals surface area contributed by atoms with Crippen molar-refractivity contribution in [3.05, 3.63) is 71.8 Å².